The van der Waals surface area contributed by atoms with Crippen LogP contribution in [-0.2, 0) is 4.79 Å². The first kappa shape index (κ1) is 8.69. The molecular formula is C9H10N2OS. The number of ketones is 1. The molecule has 1 fully saturated rings. The fourth-order valence-corrected chi connectivity index (χ4v) is 2.41. The standard InChI is InChI=1S/C9H10N2OS/c12-7-3-1-4-8(7)13-9-10-5-2-6-11-9/h2,5-6,8H,1,3-4H2. The third-order valence-corrected chi connectivity index (χ3v) is 3.24. The van der Waals surface area contributed by atoms with Gasteiger partial charge >= 0.3 is 0 Å². The van der Waals surface area contributed by atoms with Crippen LogP contribution < -0.4 is 0 Å². The summed E-state index contributed by atoms with van der Waals surface area (Å²) < 4.78 is 0. The van der Waals surface area contributed by atoms with E-state index >= 15 is 0 Å². The zero-order chi connectivity index (χ0) is 9.10. The molecule has 0 aromatic carbocycles. The summed E-state index contributed by atoms with van der Waals surface area (Å²) in [6.45, 7) is 0. The molecule has 2 rings (SSSR count). The first-order chi connectivity index (χ1) is 6.36. The number of Topliss-reactive ketones (excluding diaryl/α,β-unsaturated/α-hetero) is 1. The fourth-order valence-electron chi connectivity index (χ4n) is 1.38. The molecule has 68 valence electrons. The summed E-state index contributed by atoms with van der Waals surface area (Å²) in [4.78, 5) is 19.5. The quantitative estimate of drug-likeness (QED) is 0.672. The van der Waals surface area contributed by atoms with Crippen molar-refractivity contribution in [1.82, 2.24) is 9.97 Å². The Labute approximate surface area is 81.0 Å². The van der Waals surface area contributed by atoms with Crippen molar-refractivity contribution in [3.05, 3.63) is 18.5 Å². The summed E-state index contributed by atoms with van der Waals surface area (Å²) in [6, 6.07) is 1.78. The molecule has 1 atom stereocenters. The molecule has 1 heterocycles. The summed E-state index contributed by atoms with van der Waals surface area (Å²) in [5.74, 6) is 0.345. The van der Waals surface area contributed by atoms with Crippen molar-refractivity contribution in [2.75, 3.05) is 0 Å². The highest BCUT2D eigenvalue weighted by atomic mass is 32.2. The van der Waals surface area contributed by atoms with E-state index in [1.54, 1.807) is 18.5 Å². The Hall–Kier alpha value is -0.900. The summed E-state index contributed by atoms with van der Waals surface area (Å²) in [7, 11) is 0. The van der Waals surface area contributed by atoms with Gasteiger partial charge in [0.05, 0.1) is 5.25 Å². The molecule has 1 aromatic rings. The zero-order valence-electron chi connectivity index (χ0n) is 7.14. The van der Waals surface area contributed by atoms with Gasteiger partial charge in [-0.2, -0.15) is 0 Å². The Morgan fingerprint density at radius 2 is 2.15 bits per heavy atom. The first-order valence-corrected chi connectivity index (χ1v) is 5.20. The maximum absolute atomic E-state index is 11.3. The van der Waals surface area contributed by atoms with Crippen LogP contribution in [0.5, 0.6) is 0 Å². The minimum atomic E-state index is 0.0994. The monoisotopic (exact) mass is 194 g/mol. The van der Waals surface area contributed by atoms with Crippen molar-refractivity contribution in [1.29, 1.82) is 0 Å². The Kier molecular flexibility index (Phi) is 2.59. The van der Waals surface area contributed by atoms with Crippen molar-refractivity contribution < 1.29 is 4.79 Å². The van der Waals surface area contributed by atoms with Crippen LogP contribution in [0.15, 0.2) is 23.6 Å². The van der Waals surface area contributed by atoms with Crippen molar-refractivity contribution in [3.63, 3.8) is 0 Å². The molecule has 0 amide bonds. The number of carbonyl (C=O) groups is 1. The predicted molar refractivity (Wildman–Crippen MR) is 50.5 cm³/mol. The Balaban J connectivity index is 2.02. The number of hydrogen-bond acceptors (Lipinski definition) is 4. The molecule has 0 saturated heterocycles. The Bertz CT molecular complexity index is 302. The van der Waals surface area contributed by atoms with Gasteiger partial charge in [-0.15, -0.1) is 0 Å². The maximum atomic E-state index is 11.3. The minimum absolute atomic E-state index is 0.0994. The lowest BCUT2D eigenvalue weighted by atomic mass is 10.3. The lowest BCUT2D eigenvalue weighted by Crippen LogP contribution is -2.08. The maximum Gasteiger partial charge on any atom is 0.188 e. The second-order valence-corrected chi connectivity index (χ2v) is 4.17. The highest BCUT2D eigenvalue weighted by molar-refractivity contribution is 8.00. The van der Waals surface area contributed by atoms with Gasteiger partial charge < -0.3 is 0 Å². The molecule has 1 saturated carbocycles. The van der Waals surface area contributed by atoms with E-state index in [-0.39, 0.29) is 5.25 Å². The highest BCUT2D eigenvalue weighted by Gasteiger charge is 2.25. The molecule has 3 nitrogen and oxygen atoms in total. The van der Waals surface area contributed by atoms with Crippen LogP contribution in [0.3, 0.4) is 0 Å². The Morgan fingerprint density at radius 3 is 2.77 bits per heavy atom. The largest absolute Gasteiger partial charge is 0.298 e. The molecule has 0 aliphatic heterocycles. The summed E-state index contributed by atoms with van der Waals surface area (Å²) in [6.07, 6.45) is 6.12. The smallest absolute Gasteiger partial charge is 0.188 e. The molecule has 1 aliphatic rings. The van der Waals surface area contributed by atoms with Gasteiger partial charge in [0.15, 0.2) is 5.16 Å². The van der Waals surface area contributed by atoms with Crippen LogP contribution in [-0.4, -0.2) is 21.0 Å². The van der Waals surface area contributed by atoms with E-state index in [1.165, 1.54) is 11.8 Å². The number of carbonyl (C=O) groups excluding carboxylic acids is 1. The summed E-state index contributed by atoms with van der Waals surface area (Å²) in [5, 5.41) is 0.810. The number of thioether (sulfide) groups is 1. The summed E-state index contributed by atoms with van der Waals surface area (Å²) >= 11 is 1.49. The zero-order valence-corrected chi connectivity index (χ0v) is 7.96. The van der Waals surface area contributed by atoms with Crippen LogP contribution in [0.4, 0.5) is 0 Å². The third-order valence-electron chi connectivity index (χ3n) is 2.04. The molecule has 1 aromatic heterocycles. The molecular weight excluding hydrogens is 184 g/mol. The van der Waals surface area contributed by atoms with Crippen LogP contribution in [0.2, 0.25) is 0 Å². The van der Waals surface area contributed by atoms with Gasteiger partial charge in [0.25, 0.3) is 0 Å². The predicted octanol–water partition coefficient (Wildman–Crippen LogP) is 1.69. The topological polar surface area (TPSA) is 42.9 Å². The van der Waals surface area contributed by atoms with Gasteiger partial charge in [-0.3, -0.25) is 4.79 Å². The van der Waals surface area contributed by atoms with E-state index in [0.717, 1.165) is 19.3 Å². The lowest BCUT2D eigenvalue weighted by molar-refractivity contribution is -0.116. The van der Waals surface area contributed by atoms with E-state index in [0.29, 0.717) is 10.9 Å². The van der Waals surface area contributed by atoms with Gasteiger partial charge in [0.1, 0.15) is 5.78 Å². The van der Waals surface area contributed by atoms with Crippen LogP contribution >= 0.6 is 11.8 Å². The molecule has 0 bridgehead atoms. The number of aromatic nitrogens is 2. The van der Waals surface area contributed by atoms with E-state index in [4.69, 9.17) is 0 Å². The second-order valence-electron chi connectivity index (χ2n) is 3.00. The fraction of sp³-hybridized carbons (Fsp3) is 0.444. The normalized spacial score (nSPS) is 22.2. The minimum Gasteiger partial charge on any atom is -0.298 e. The molecule has 1 unspecified atom stereocenters. The van der Waals surface area contributed by atoms with Gasteiger partial charge in [-0.1, -0.05) is 11.8 Å². The third kappa shape index (κ3) is 2.06. The molecule has 1 aliphatic carbocycles. The SMILES string of the molecule is O=C1CCCC1Sc1ncccn1. The highest BCUT2D eigenvalue weighted by Crippen LogP contribution is 2.29. The average molecular weight is 194 g/mol. The van der Waals surface area contributed by atoms with Gasteiger partial charge in [-0.25, -0.2) is 9.97 Å². The van der Waals surface area contributed by atoms with E-state index < -0.39 is 0 Å². The molecule has 0 radical (unpaired) electrons. The van der Waals surface area contributed by atoms with Gasteiger partial charge in [0, 0.05) is 18.8 Å². The van der Waals surface area contributed by atoms with E-state index in [2.05, 4.69) is 9.97 Å². The molecule has 4 heteroatoms. The molecule has 0 spiro atoms. The van der Waals surface area contributed by atoms with Gasteiger partial charge in [0.2, 0.25) is 0 Å². The van der Waals surface area contributed by atoms with Crippen LogP contribution in [0.1, 0.15) is 19.3 Å². The summed E-state index contributed by atoms with van der Waals surface area (Å²) in [5.41, 5.74) is 0. The van der Waals surface area contributed by atoms with Gasteiger partial charge in [-0.05, 0) is 18.9 Å². The molecule has 0 N–H and O–H groups in total. The van der Waals surface area contributed by atoms with E-state index in [9.17, 15) is 4.79 Å². The van der Waals surface area contributed by atoms with Crippen molar-refractivity contribution >= 4 is 17.5 Å². The van der Waals surface area contributed by atoms with Crippen molar-refractivity contribution in [3.8, 4) is 0 Å². The number of nitrogens with zero attached hydrogens (tertiary/aromatic N) is 2. The van der Waals surface area contributed by atoms with Crippen molar-refractivity contribution in [2.45, 2.75) is 29.7 Å². The van der Waals surface area contributed by atoms with Crippen LogP contribution in [0, 0.1) is 0 Å². The van der Waals surface area contributed by atoms with Crippen molar-refractivity contribution in [2.24, 2.45) is 0 Å². The average Bonchev–Trinajstić information content (AvgIpc) is 2.54. The number of hydrogen-bond donors (Lipinski definition) is 0. The van der Waals surface area contributed by atoms with Crippen LogP contribution in [0.25, 0.3) is 0 Å². The Morgan fingerprint density at radius 1 is 1.38 bits per heavy atom. The number of rotatable bonds is 2. The lowest BCUT2D eigenvalue weighted by Gasteiger charge is -2.04. The molecule has 13 heavy (non-hydrogen) atoms. The van der Waals surface area contributed by atoms with E-state index in [1.807, 2.05) is 0 Å². The second kappa shape index (κ2) is 3.87. The first-order valence-electron chi connectivity index (χ1n) is 4.32.